The molecule has 0 radical (unpaired) electrons. The average Bonchev–Trinajstić information content (AvgIpc) is 2.89. The third kappa shape index (κ3) is 1.51. The van der Waals surface area contributed by atoms with Crippen LogP contribution in [0.4, 0.5) is 0 Å². The van der Waals surface area contributed by atoms with E-state index in [1.165, 1.54) is 18.5 Å². The van der Waals surface area contributed by atoms with Crippen LogP contribution in [0.15, 0.2) is 36.4 Å². The molecule has 1 aromatic rings. The highest BCUT2D eigenvalue weighted by Crippen LogP contribution is 2.42. The summed E-state index contributed by atoms with van der Waals surface area (Å²) in [6.07, 6.45) is 3.83. The van der Waals surface area contributed by atoms with E-state index in [4.69, 9.17) is 0 Å². The molecule has 1 fully saturated rings. The Labute approximate surface area is 97.8 Å². The molecule has 2 aliphatic rings. The molecule has 1 aliphatic carbocycles. The molecule has 1 aliphatic heterocycles. The van der Waals surface area contributed by atoms with E-state index in [9.17, 15) is 0 Å². The number of nitrogens with zero attached hydrogens (tertiary/aromatic N) is 1. The first-order valence-corrected chi connectivity index (χ1v) is 6.28. The molecule has 1 nitrogen and oxygen atoms in total. The summed E-state index contributed by atoms with van der Waals surface area (Å²) in [5.41, 5.74) is 3.01. The Bertz CT molecular complexity index is 405. The largest absolute Gasteiger partial charge is 0.294 e. The molecular weight excluding hydrogens is 194 g/mol. The Balaban J connectivity index is 1.87. The predicted octanol–water partition coefficient (Wildman–Crippen LogP) is 3.18. The van der Waals surface area contributed by atoms with E-state index >= 15 is 0 Å². The van der Waals surface area contributed by atoms with Crippen molar-refractivity contribution in [1.29, 1.82) is 0 Å². The van der Waals surface area contributed by atoms with Crippen molar-refractivity contribution < 1.29 is 0 Å². The van der Waals surface area contributed by atoms with E-state index in [2.05, 4.69) is 55.2 Å². The minimum atomic E-state index is 0.684. The van der Waals surface area contributed by atoms with E-state index in [1.807, 2.05) is 0 Å². The summed E-state index contributed by atoms with van der Waals surface area (Å²) in [5.74, 6) is 0.773. The minimum Gasteiger partial charge on any atom is -0.294 e. The molecule has 3 rings (SSSR count). The highest BCUT2D eigenvalue weighted by Gasteiger charge is 2.39. The molecule has 0 N–H and O–H groups in total. The average molecular weight is 213 g/mol. The van der Waals surface area contributed by atoms with Gasteiger partial charge in [-0.3, -0.25) is 4.90 Å². The van der Waals surface area contributed by atoms with Crippen molar-refractivity contribution >= 4 is 5.57 Å². The van der Waals surface area contributed by atoms with Gasteiger partial charge < -0.3 is 0 Å². The monoisotopic (exact) mass is 213 g/mol. The van der Waals surface area contributed by atoms with Crippen molar-refractivity contribution in [2.24, 2.45) is 5.92 Å². The molecule has 0 aromatic heterocycles. The van der Waals surface area contributed by atoms with Crippen molar-refractivity contribution in [2.75, 3.05) is 6.54 Å². The van der Waals surface area contributed by atoms with Crippen LogP contribution >= 0.6 is 0 Å². The van der Waals surface area contributed by atoms with Gasteiger partial charge in [0.2, 0.25) is 0 Å². The highest BCUT2D eigenvalue weighted by atomic mass is 15.2. The molecule has 1 saturated heterocycles. The first-order chi connectivity index (χ1) is 7.75. The van der Waals surface area contributed by atoms with Crippen molar-refractivity contribution in [3.05, 3.63) is 42.0 Å². The molecule has 2 unspecified atom stereocenters. The van der Waals surface area contributed by atoms with E-state index in [1.54, 1.807) is 5.57 Å². The summed E-state index contributed by atoms with van der Waals surface area (Å²) < 4.78 is 0. The molecule has 84 valence electrons. The lowest BCUT2D eigenvalue weighted by Gasteiger charge is -2.29. The van der Waals surface area contributed by atoms with Gasteiger partial charge >= 0.3 is 0 Å². The lowest BCUT2D eigenvalue weighted by atomic mass is 9.95. The van der Waals surface area contributed by atoms with Crippen molar-refractivity contribution in [3.8, 4) is 0 Å². The summed E-state index contributed by atoms with van der Waals surface area (Å²) in [4.78, 5) is 2.62. The summed E-state index contributed by atoms with van der Waals surface area (Å²) in [5, 5.41) is 0. The maximum absolute atomic E-state index is 2.62. The Morgan fingerprint density at radius 1 is 1.19 bits per heavy atom. The van der Waals surface area contributed by atoms with Gasteiger partial charge in [-0.2, -0.15) is 0 Å². The van der Waals surface area contributed by atoms with Gasteiger partial charge in [0, 0.05) is 18.6 Å². The van der Waals surface area contributed by atoms with E-state index in [-0.39, 0.29) is 0 Å². The Hall–Kier alpha value is -1.08. The molecule has 1 heteroatoms. The predicted molar refractivity (Wildman–Crippen MR) is 68.2 cm³/mol. The van der Waals surface area contributed by atoms with Crippen LogP contribution < -0.4 is 0 Å². The first kappa shape index (κ1) is 10.1. The summed E-state index contributed by atoms with van der Waals surface area (Å²) in [6, 6.07) is 12.2. The van der Waals surface area contributed by atoms with Crippen LogP contribution in [0.25, 0.3) is 5.57 Å². The Morgan fingerprint density at radius 2 is 1.94 bits per heavy atom. The fourth-order valence-electron chi connectivity index (χ4n) is 3.18. The van der Waals surface area contributed by atoms with E-state index < -0.39 is 0 Å². The van der Waals surface area contributed by atoms with Crippen LogP contribution in [0.5, 0.6) is 0 Å². The summed E-state index contributed by atoms with van der Waals surface area (Å²) in [6.45, 7) is 5.86. The zero-order valence-corrected chi connectivity index (χ0v) is 10.1. The fourth-order valence-corrected chi connectivity index (χ4v) is 3.18. The lowest BCUT2D eigenvalue weighted by molar-refractivity contribution is 0.227. The minimum absolute atomic E-state index is 0.684. The van der Waals surface area contributed by atoms with Crippen LogP contribution in [0.1, 0.15) is 25.8 Å². The standard InChI is InChI=1S/C15H19N/c1-11(2)16-10-13-8-14(16)9-15(13)12-6-4-3-5-7-12/h3-7,9,11,13-14H,8,10H2,1-2H3. The third-order valence-corrected chi connectivity index (χ3v) is 3.97. The molecule has 2 atom stereocenters. The molecule has 16 heavy (non-hydrogen) atoms. The smallest absolute Gasteiger partial charge is 0.0293 e. The summed E-state index contributed by atoms with van der Waals surface area (Å²) in [7, 11) is 0. The third-order valence-electron chi connectivity index (χ3n) is 3.97. The quantitative estimate of drug-likeness (QED) is 0.729. The topological polar surface area (TPSA) is 3.24 Å². The second kappa shape index (κ2) is 3.74. The second-order valence-corrected chi connectivity index (χ2v) is 5.28. The molecule has 2 bridgehead atoms. The van der Waals surface area contributed by atoms with E-state index in [0.29, 0.717) is 12.1 Å². The SMILES string of the molecule is CC(C)N1CC2CC1C=C2c1ccccc1. The summed E-state index contributed by atoms with van der Waals surface area (Å²) >= 11 is 0. The molecule has 1 heterocycles. The Morgan fingerprint density at radius 3 is 2.50 bits per heavy atom. The second-order valence-electron chi connectivity index (χ2n) is 5.28. The normalized spacial score (nSPS) is 28.8. The number of fused-ring (bicyclic) bond motifs is 2. The lowest BCUT2D eigenvalue weighted by Crippen LogP contribution is -2.36. The van der Waals surface area contributed by atoms with Gasteiger partial charge in [-0.1, -0.05) is 36.4 Å². The molecule has 0 spiro atoms. The van der Waals surface area contributed by atoms with Crippen molar-refractivity contribution in [1.82, 2.24) is 4.90 Å². The number of rotatable bonds is 2. The maximum atomic E-state index is 2.62. The van der Waals surface area contributed by atoms with Gasteiger partial charge in [-0.15, -0.1) is 0 Å². The zero-order chi connectivity index (χ0) is 11.1. The van der Waals surface area contributed by atoms with Gasteiger partial charge in [0.1, 0.15) is 0 Å². The first-order valence-electron chi connectivity index (χ1n) is 6.28. The number of hydrogen-bond donors (Lipinski definition) is 0. The van der Waals surface area contributed by atoms with Gasteiger partial charge in [0.05, 0.1) is 0 Å². The van der Waals surface area contributed by atoms with Gasteiger partial charge in [0.15, 0.2) is 0 Å². The zero-order valence-electron chi connectivity index (χ0n) is 10.1. The van der Waals surface area contributed by atoms with Crippen LogP contribution in [0.2, 0.25) is 0 Å². The van der Waals surface area contributed by atoms with Gasteiger partial charge in [-0.05, 0) is 37.3 Å². The van der Waals surface area contributed by atoms with Crippen LogP contribution in [0.3, 0.4) is 0 Å². The van der Waals surface area contributed by atoms with Crippen molar-refractivity contribution in [2.45, 2.75) is 32.4 Å². The van der Waals surface area contributed by atoms with Crippen LogP contribution in [-0.2, 0) is 0 Å². The highest BCUT2D eigenvalue weighted by molar-refractivity contribution is 5.71. The van der Waals surface area contributed by atoms with Crippen LogP contribution in [0, 0.1) is 5.92 Å². The number of hydrogen-bond acceptors (Lipinski definition) is 1. The van der Waals surface area contributed by atoms with E-state index in [0.717, 1.165) is 5.92 Å². The molecular formula is C15H19N. The fraction of sp³-hybridized carbons (Fsp3) is 0.467. The van der Waals surface area contributed by atoms with Gasteiger partial charge in [0.25, 0.3) is 0 Å². The Kier molecular flexibility index (Phi) is 2.36. The number of likely N-dealkylation sites (tertiary alicyclic amines) is 1. The molecule has 1 aromatic carbocycles. The van der Waals surface area contributed by atoms with Gasteiger partial charge in [-0.25, -0.2) is 0 Å². The molecule has 0 amide bonds. The maximum Gasteiger partial charge on any atom is 0.0293 e. The molecule has 0 saturated carbocycles. The van der Waals surface area contributed by atoms with Crippen molar-refractivity contribution in [3.63, 3.8) is 0 Å². The van der Waals surface area contributed by atoms with Crippen LogP contribution in [-0.4, -0.2) is 23.5 Å². The number of benzene rings is 1.